The SMILES string of the molecule is CC(C)n1cc(-c2c(-c3ccccc3)nc(N)n3cnnc23)ccc1=O. The minimum Gasteiger partial charge on any atom is -0.369 e. The van der Waals surface area contributed by atoms with E-state index in [1.165, 1.54) is 6.33 Å². The standard InChI is InChI=1S/C19H18N6O/c1-12(2)24-10-14(8-9-15(24)26)16-17(13-6-4-3-5-7-13)22-19(20)25-11-21-23-18(16)25/h3-12H,1-2H3,(H2,20,22). The molecule has 0 radical (unpaired) electrons. The van der Waals surface area contributed by atoms with Crippen LogP contribution in [0.3, 0.4) is 0 Å². The van der Waals surface area contributed by atoms with Gasteiger partial charge in [-0.3, -0.25) is 9.20 Å². The average Bonchev–Trinajstić information content (AvgIpc) is 3.13. The summed E-state index contributed by atoms with van der Waals surface area (Å²) in [5.41, 5.74) is 9.91. The van der Waals surface area contributed by atoms with E-state index in [1.807, 2.05) is 50.4 Å². The third kappa shape index (κ3) is 2.54. The molecule has 0 spiro atoms. The highest BCUT2D eigenvalue weighted by Crippen LogP contribution is 2.34. The van der Waals surface area contributed by atoms with Crippen LogP contribution in [0.1, 0.15) is 19.9 Å². The van der Waals surface area contributed by atoms with Crippen molar-refractivity contribution in [3.63, 3.8) is 0 Å². The van der Waals surface area contributed by atoms with Gasteiger partial charge in [-0.15, -0.1) is 10.2 Å². The van der Waals surface area contributed by atoms with E-state index in [2.05, 4.69) is 15.2 Å². The van der Waals surface area contributed by atoms with Crippen molar-refractivity contribution in [2.24, 2.45) is 0 Å². The van der Waals surface area contributed by atoms with Crippen LogP contribution in [-0.2, 0) is 0 Å². The number of fused-ring (bicyclic) bond motifs is 1. The number of nitrogens with zero attached hydrogens (tertiary/aromatic N) is 5. The summed E-state index contributed by atoms with van der Waals surface area (Å²) in [6.07, 6.45) is 3.37. The molecular weight excluding hydrogens is 328 g/mol. The molecule has 0 atom stereocenters. The predicted molar refractivity (Wildman–Crippen MR) is 101 cm³/mol. The molecule has 0 aliphatic rings. The van der Waals surface area contributed by atoms with E-state index in [1.54, 1.807) is 21.1 Å². The Morgan fingerprint density at radius 3 is 2.54 bits per heavy atom. The first-order valence-electron chi connectivity index (χ1n) is 8.33. The molecule has 2 N–H and O–H groups in total. The summed E-state index contributed by atoms with van der Waals surface area (Å²) < 4.78 is 3.33. The lowest BCUT2D eigenvalue weighted by molar-refractivity contribution is 0.579. The molecule has 130 valence electrons. The summed E-state index contributed by atoms with van der Waals surface area (Å²) in [6.45, 7) is 3.94. The predicted octanol–water partition coefficient (Wildman–Crippen LogP) is 2.78. The molecule has 1 aromatic carbocycles. The summed E-state index contributed by atoms with van der Waals surface area (Å²) >= 11 is 0. The van der Waals surface area contributed by atoms with Gasteiger partial charge in [-0.25, -0.2) is 4.98 Å². The van der Waals surface area contributed by atoms with Gasteiger partial charge in [0.2, 0.25) is 5.95 Å². The van der Waals surface area contributed by atoms with E-state index in [9.17, 15) is 4.79 Å². The van der Waals surface area contributed by atoms with Gasteiger partial charge in [0.05, 0.1) is 11.3 Å². The molecule has 4 aromatic rings. The second kappa shape index (κ2) is 6.11. The smallest absolute Gasteiger partial charge is 0.250 e. The monoisotopic (exact) mass is 346 g/mol. The zero-order valence-electron chi connectivity index (χ0n) is 14.5. The van der Waals surface area contributed by atoms with Crippen LogP contribution in [0.4, 0.5) is 5.95 Å². The number of benzene rings is 1. The highest BCUT2D eigenvalue weighted by Gasteiger charge is 2.18. The maximum atomic E-state index is 12.2. The Bertz CT molecular complexity index is 1140. The molecule has 0 aliphatic heterocycles. The number of hydrogen-bond donors (Lipinski definition) is 1. The van der Waals surface area contributed by atoms with Crippen molar-refractivity contribution in [1.82, 2.24) is 24.1 Å². The van der Waals surface area contributed by atoms with Crippen molar-refractivity contribution in [3.8, 4) is 22.4 Å². The molecule has 3 aromatic heterocycles. The molecule has 0 amide bonds. The molecule has 0 aliphatic carbocycles. The lowest BCUT2D eigenvalue weighted by atomic mass is 10.0. The molecule has 26 heavy (non-hydrogen) atoms. The first-order chi connectivity index (χ1) is 12.6. The Labute approximate surface area is 149 Å². The normalized spacial score (nSPS) is 11.3. The van der Waals surface area contributed by atoms with Crippen LogP contribution in [0.5, 0.6) is 0 Å². The van der Waals surface area contributed by atoms with Crippen molar-refractivity contribution in [2.45, 2.75) is 19.9 Å². The van der Waals surface area contributed by atoms with E-state index in [0.29, 0.717) is 17.3 Å². The molecule has 0 saturated carbocycles. The van der Waals surface area contributed by atoms with Crippen LogP contribution >= 0.6 is 0 Å². The van der Waals surface area contributed by atoms with Crippen molar-refractivity contribution in [3.05, 3.63) is 65.3 Å². The van der Waals surface area contributed by atoms with E-state index in [-0.39, 0.29) is 11.6 Å². The Morgan fingerprint density at radius 1 is 1.04 bits per heavy atom. The molecule has 7 nitrogen and oxygen atoms in total. The Balaban J connectivity index is 2.09. The third-order valence-corrected chi connectivity index (χ3v) is 4.31. The fourth-order valence-electron chi connectivity index (χ4n) is 3.03. The first kappa shape index (κ1) is 16.0. The highest BCUT2D eigenvalue weighted by molar-refractivity contribution is 5.90. The minimum absolute atomic E-state index is 0.0401. The average molecular weight is 346 g/mol. The second-order valence-electron chi connectivity index (χ2n) is 6.34. The molecule has 0 saturated heterocycles. The maximum absolute atomic E-state index is 12.2. The molecule has 0 bridgehead atoms. The number of pyridine rings is 1. The van der Waals surface area contributed by atoms with Crippen molar-refractivity contribution < 1.29 is 0 Å². The van der Waals surface area contributed by atoms with Gasteiger partial charge in [0, 0.05) is 29.4 Å². The number of nitrogens with two attached hydrogens (primary N) is 1. The molecule has 0 unspecified atom stereocenters. The van der Waals surface area contributed by atoms with Crippen LogP contribution in [0.15, 0.2) is 59.8 Å². The first-order valence-corrected chi connectivity index (χ1v) is 8.33. The van der Waals surface area contributed by atoms with Crippen LogP contribution in [0, 0.1) is 0 Å². The van der Waals surface area contributed by atoms with Crippen LogP contribution in [0.25, 0.3) is 28.0 Å². The number of hydrogen-bond acceptors (Lipinski definition) is 5. The summed E-state index contributed by atoms with van der Waals surface area (Å²) in [4.78, 5) is 16.8. The van der Waals surface area contributed by atoms with E-state index in [0.717, 1.165) is 16.7 Å². The number of anilines is 1. The van der Waals surface area contributed by atoms with Gasteiger partial charge in [0.25, 0.3) is 5.56 Å². The van der Waals surface area contributed by atoms with Gasteiger partial charge in [0.15, 0.2) is 5.65 Å². The molecular formula is C19H18N6O. The number of aromatic nitrogens is 5. The zero-order chi connectivity index (χ0) is 18.3. The van der Waals surface area contributed by atoms with Gasteiger partial charge in [0.1, 0.15) is 6.33 Å². The van der Waals surface area contributed by atoms with Gasteiger partial charge in [-0.2, -0.15) is 0 Å². The summed E-state index contributed by atoms with van der Waals surface area (Å²) in [6, 6.07) is 13.2. The van der Waals surface area contributed by atoms with Crippen LogP contribution in [-0.4, -0.2) is 24.1 Å². The van der Waals surface area contributed by atoms with E-state index < -0.39 is 0 Å². The number of nitrogen functional groups attached to an aromatic ring is 1. The zero-order valence-corrected chi connectivity index (χ0v) is 14.5. The second-order valence-corrected chi connectivity index (χ2v) is 6.34. The minimum atomic E-state index is -0.0501. The van der Waals surface area contributed by atoms with Crippen LogP contribution < -0.4 is 11.3 Å². The van der Waals surface area contributed by atoms with Gasteiger partial charge < -0.3 is 10.3 Å². The third-order valence-electron chi connectivity index (χ3n) is 4.31. The molecule has 3 heterocycles. The summed E-state index contributed by atoms with van der Waals surface area (Å²) in [5.74, 6) is 0.310. The van der Waals surface area contributed by atoms with E-state index >= 15 is 0 Å². The van der Waals surface area contributed by atoms with Gasteiger partial charge >= 0.3 is 0 Å². The van der Waals surface area contributed by atoms with Gasteiger partial charge in [-0.1, -0.05) is 30.3 Å². The molecule has 0 fully saturated rings. The Kier molecular flexibility index (Phi) is 3.76. The summed E-state index contributed by atoms with van der Waals surface area (Å²) in [5, 5.41) is 8.23. The number of rotatable bonds is 3. The maximum Gasteiger partial charge on any atom is 0.250 e. The van der Waals surface area contributed by atoms with Crippen molar-refractivity contribution in [2.75, 3.05) is 5.73 Å². The lowest BCUT2D eigenvalue weighted by Gasteiger charge is -2.15. The topological polar surface area (TPSA) is 91.1 Å². The largest absolute Gasteiger partial charge is 0.369 e. The molecule has 4 rings (SSSR count). The van der Waals surface area contributed by atoms with Gasteiger partial charge in [-0.05, 0) is 19.9 Å². The Morgan fingerprint density at radius 2 is 1.81 bits per heavy atom. The fraction of sp³-hybridized carbons (Fsp3) is 0.158. The van der Waals surface area contributed by atoms with Crippen LogP contribution in [0.2, 0.25) is 0 Å². The lowest BCUT2D eigenvalue weighted by Crippen LogP contribution is -2.20. The van der Waals surface area contributed by atoms with Crippen molar-refractivity contribution in [1.29, 1.82) is 0 Å². The fourth-order valence-corrected chi connectivity index (χ4v) is 3.03. The Hall–Kier alpha value is -3.48. The van der Waals surface area contributed by atoms with E-state index in [4.69, 9.17) is 5.73 Å². The highest BCUT2D eigenvalue weighted by atomic mass is 16.1. The summed E-state index contributed by atoms with van der Waals surface area (Å²) in [7, 11) is 0. The quantitative estimate of drug-likeness (QED) is 0.616. The molecule has 7 heteroatoms. The van der Waals surface area contributed by atoms with Crippen molar-refractivity contribution >= 4 is 11.6 Å².